The van der Waals surface area contributed by atoms with Crippen LogP contribution in [-0.4, -0.2) is 31.7 Å². The molecule has 9 nitrogen and oxygen atoms in total. The summed E-state index contributed by atoms with van der Waals surface area (Å²) in [7, 11) is 0. The lowest BCUT2D eigenvalue weighted by Crippen LogP contribution is -2.13. The van der Waals surface area contributed by atoms with E-state index in [-0.39, 0.29) is 23.2 Å². The predicted molar refractivity (Wildman–Crippen MR) is 84.9 cm³/mol. The number of nitro benzene ring substituents is 1. The van der Waals surface area contributed by atoms with Crippen molar-refractivity contribution in [2.24, 2.45) is 0 Å². The van der Waals surface area contributed by atoms with Crippen LogP contribution in [0.2, 0.25) is 0 Å². The summed E-state index contributed by atoms with van der Waals surface area (Å²) in [4.78, 5) is 33.1. The number of anilines is 1. The smallest absolute Gasteiger partial charge is 0.303 e. The Balaban J connectivity index is 2.05. The lowest BCUT2D eigenvalue weighted by Gasteiger charge is -2.06. The Bertz CT molecular complexity index is 784. The minimum Gasteiger partial charge on any atom is -0.481 e. The fraction of sp³-hybridized carbons (Fsp3) is 0.267. The molecular weight excluding hydrogens is 316 g/mol. The molecule has 0 aliphatic carbocycles. The second-order valence-corrected chi connectivity index (χ2v) is 5.15. The van der Waals surface area contributed by atoms with Gasteiger partial charge in [-0.25, -0.2) is 0 Å². The third-order valence-electron chi connectivity index (χ3n) is 3.42. The average Bonchev–Trinajstić information content (AvgIpc) is 2.94. The van der Waals surface area contributed by atoms with Crippen LogP contribution in [0.3, 0.4) is 0 Å². The SMILES string of the molecule is Cc1c(C(=O)Nc2cnn(CCCC(=O)O)c2)cccc1[N+](=O)[O-]. The highest BCUT2D eigenvalue weighted by Crippen LogP contribution is 2.22. The Hall–Kier alpha value is -3.23. The number of aliphatic carboxylic acids is 1. The van der Waals surface area contributed by atoms with Crippen molar-refractivity contribution in [3.05, 3.63) is 51.8 Å². The molecule has 2 N–H and O–H groups in total. The van der Waals surface area contributed by atoms with E-state index in [1.807, 2.05) is 0 Å². The molecule has 2 aromatic rings. The van der Waals surface area contributed by atoms with E-state index in [1.165, 1.54) is 36.0 Å². The number of carboxylic acids is 1. The number of aromatic nitrogens is 2. The largest absolute Gasteiger partial charge is 0.481 e. The summed E-state index contributed by atoms with van der Waals surface area (Å²) in [5.41, 5.74) is 0.810. The predicted octanol–water partition coefficient (Wildman–Crippen LogP) is 2.22. The second-order valence-electron chi connectivity index (χ2n) is 5.15. The number of rotatable bonds is 7. The first-order valence-corrected chi connectivity index (χ1v) is 7.18. The van der Waals surface area contributed by atoms with Crippen LogP contribution in [0.4, 0.5) is 11.4 Å². The van der Waals surface area contributed by atoms with Crippen LogP contribution in [0.5, 0.6) is 0 Å². The first-order chi connectivity index (χ1) is 11.4. The Morgan fingerprint density at radius 1 is 1.42 bits per heavy atom. The highest BCUT2D eigenvalue weighted by Gasteiger charge is 2.18. The van der Waals surface area contributed by atoms with Gasteiger partial charge in [0.05, 0.1) is 16.8 Å². The van der Waals surface area contributed by atoms with Crippen molar-refractivity contribution in [2.45, 2.75) is 26.3 Å². The molecule has 1 heterocycles. The maximum Gasteiger partial charge on any atom is 0.303 e. The first kappa shape index (κ1) is 17.1. The van der Waals surface area contributed by atoms with Gasteiger partial charge in [0.25, 0.3) is 11.6 Å². The summed E-state index contributed by atoms with van der Waals surface area (Å²) in [5, 5.41) is 26.2. The molecule has 24 heavy (non-hydrogen) atoms. The summed E-state index contributed by atoms with van der Waals surface area (Å²) in [6.07, 6.45) is 3.47. The molecular formula is C15H16N4O5. The van der Waals surface area contributed by atoms with E-state index in [9.17, 15) is 19.7 Å². The third kappa shape index (κ3) is 4.15. The highest BCUT2D eigenvalue weighted by molar-refractivity contribution is 6.05. The van der Waals surface area contributed by atoms with E-state index in [2.05, 4.69) is 10.4 Å². The molecule has 0 aliphatic rings. The van der Waals surface area contributed by atoms with E-state index < -0.39 is 16.8 Å². The normalized spacial score (nSPS) is 10.4. The zero-order valence-corrected chi connectivity index (χ0v) is 12.9. The molecule has 1 aromatic carbocycles. The average molecular weight is 332 g/mol. The van der Waals surface area contributed by atoms with E-state index in [4.69, 9.17) is 5.11 Å². The number of carbonyl (C=O) groups is 2. The van der Waals surface area contributed by atoms with Gasteiger partial charge in [0, 0.05) is 36.4 Å². The number of aryl methyl sites for hydroxylation is 1. The summed E-state index contributed by atoms with van der Waals surface area (Å²) in [6, 6.07) is 4.30. The number of nitro groups is 1. The van der Waals surface area contributed by atoms with Crippen LogP contribution in [-0.2, 0) is 11.3 Å². The molecule has 0 aliphatic heterocycles. The van der Waals surface area contributed by atoms with Gasteiger partial charge in [-0.1, -0.05) is 6.07 Å². The van der Waals surface area contributed by atoms with Crippen molar-refractivity contribution in [2.75, 3.05) is 5.32 Å². The van der Waals surface area contributed by atoms with E-state index in [0.717, 1.165) is 0 Å². The number of carboxylic acid groups (broad SMARTS) is 1. The topological polar surface area (TPSA) is 127 Å². The number of benzene rings is 1. The Kier molecular flexibility index (Phi) is 5.25. The molecule has 0 bridgehead atoms. The van der Waals surface area contributed by atoms with Gasteiger partial charge in [-0.05, 0) is 19.4 Å². The van der Waals surface area contributed by atoms with Gasteiger partial charge in [0.1, 0.15) is 0 Å². The highest BCUT2D eigenvalue weighted by atomic mass is 16.6. The van der Waals surface area contributed by atoms with Crippen molar-refractivity contribution in [1.82, 2.24) is 9.78 Å². The fourth-order valence-electron chi connectivity index (χ4n) is 2.21. The van der Waals surface area contributed by atoms with Crippen LogP contribution >= 0.6 is 0 Å². The molecule has 2 rings (SSSR count). The monoisotopic (exact) mass is 332 g/mol. The number of nitrogens with one attached hydrogen (secondary N) is 1. The standard InChI is InChI=1S/C15H16N4O5/c1-10-12(4-2-5-13(10)19(23)24)15(22)17-11-8-16-18(9-11)7-3-6-14(20)21/h2,4-5,8-9H,3,6-7H2,1H3,(H,17,22)(H,20,21). The molecule has 1 aromatic heterocycles. The molecule has 0 unspecified atom stereocenters. The first-order valence-electron chi connectivity index (χ1n) is 7.18. The summed E-state index contributed by atoms with van der Waals surface area (Å²) in [5.74, 6) is -1.35. The van der Waals surface area contributed by atoms with Gasteiger partial charge in [-0.15, -0.1) is 0 Å². The van der Waals surface area contributed by atoms with Crippen LogP contribution in [0.1, 0.15) is 28.8 Å². The molecule has 0 radical (unpaired) electrons. The van der Waals surface area contributed by atoms with Crippen molar-refractivity contribution in [3.63, 3.8) is 0 Å². The van der Waals surface area contributed by atoms with Crippen molar-refractivity contribution in [3.8, 4) is 0 Å². The van der Waals surface area contributed by atoms with E-state index in [0.29, 0.717) is 18.7 Å². The zero-order chi connectivity index (χ0) is 17.7. The minimum absolute atomic E-state index is 0.0361. The third-order valence-corrected chi connectivity index (χ3v) is 3.42. The lowest BCUT2D eigenvalue weighted by molar-refractivity contribution is -0.385. The number of amides is 1. The zero-order valence-electron chi connectivity index (χ0n) is 12.9. The minimum atomic E-state index is -0.878. The molecule has 0 saturated heterocycles. The maximum absolute atomic E-state index is 12.3. The maximum atomic E-state index is 12.3. The number of hydrogen-bond donors (Lipinski definition) is 2. The molecule has 1 amide bonds. The van der Waals surface area contributed by atoms with Crippen LogP contribution in [0.25, 0.3) is 0 Å². The van der Waals surface area contributed by atoms with Gasteiger partial charge in [0.15, 0.2) is 0 Å². The van der Waals surface area contributed by atoms with Gasteiger partial charge in [-0.3, -0.25) is 24.4 Å². The molecule has 0 fully saturated rings. The van der Waals surface area contributed by atoms with Crippen LogP contribution < -0.4 is 5.32 Å². The van der Waals surface area contributed by atoms with Gasteiger partial charge >= 0.3 is 5.97 Å². The molecule has 0 spiro atoms. The van der Waals surface area contributed by atoms with Crippen LogP contribution in [0, 0.1) is 17.0 Å². The molecule has 0 atom stereocenters. The fourth-order valence-corrected chi connectivity index (χ4v) is 2.21. The Morgan fingerprint density at radius 3 is 2.83 bits per heavy atom. The van der Waals surface area contributed by atoms with Crippen molar-refractivity contribution in [1.29, 1.82) is 0 Å². The van der Waals surface area contributed by atoms with Gasteiger partial charge in [-0.2, -0.15) is 5.10 Å². The summed E-state index contributed by atoms with van der Waals surface area (Å²) < 4.78 is 1.53. The molecule has 126 valence electrons. The molecule has 0 saturated carbocycles. The number of nitrogens with zero attached hydrogens (tertiary/aromatic N) is 3. The van der Waals surface area contributed by atoms with Crippen molar-refractivity contribution >= 4 is 23.3 Å². The lowest BCUT2D eigenvalue weighted by atomic mass is 10.1. The quantitative estimate of drug-likeness (QED) is 0.591. The van der Waals surface area contributed by atoms with Crippen LogP contribution in [0.15, 0.2) is 30.6 Å². The van der Waals surface area contributed by atoms with Crippen molar-refractivity contribution < 1.29 is 19.6 Å². The number of carbonyl (C=O) groups excluding carboxylic acids is 1. The van der Waals surface area contributed by atoms with Gasteiger partial charge < -0.3 is 10.4 Å². The van der Waals surface area contributed by atoms with Gasteiger partial charge in [0.2, 0.25) is 0 Å². The second kappa shape index (κ2) is 7.36. The Morgan fingerprint density at radius 2 is 2.17 bits per heavy atom. The van der Waals surface area contributed by atoms with E-state index in [1.54, 1.807) is 6.20 Å². The summed E-state index contributed by atoms with van der Waals surface area (Å²) >= 11 is 0. The number of hydrogen-bond acceptors (Lipinski definition) is 5. The summed E-state index contributed by atoms with van der Waals surface area (Å²) in [6.45, 7) is 1.93. The Labute approximate surface area is 137 Å². The molecule has 9 heteroatoms. The van der Waals surface area contributed by atoms with E-state index >= 15 is 0 Å².